The molecule has 0 radical (unpaired) electrons. The van der Waals surface area contributed by atoms with Gasteiger partial charge in [0.2, 0.25) is 0 Å². The number of carbonyl (C=O) groups excluding carboxylic acids is 1. The second-order valence-corrected chi connectivity index (χ2v) is 6.56. The van der Waals surface area contributed by atoms with Crippen molar-refractivity contribution in [2.45, 2.75) is 20.3 Å². The van der Waals surface area contributed by atoms with Gasteiger partial charge in [-0.3, -0.25) is 4.79 Å². The minimum absolute atomic E-state index is 0.0117. The monoisotopic (exact) mass is 400 g/mol. The molecule has 29 heavy (non-hydrogen) atoms. The van der Waals surface area contributed by atoms with Crippen molar-refractivity contribution in [1.29, 1.82) is 0 Å². The van der Waals surface area contributed by atoms with Gasteiger partial charge in [-0.05, 0) is 44.0 Å². The minimum Gasteiger partial charge on any atom is -0.507 e. The maximum atomic E-state index is 13.0. The van der Waals surface area contributed by atoms with E-state index in [0.29, 0.717) is 23.3 Å². The first-order chi connectivity index (χ1) is 13.9. The zero-order valence-corrected chi connectivity index (χ0v) is 17.0. The van der Waals surface area contributed by atoms with Crippen molar-refractivity contribution >= 4 is 11.9 Å². The Morgan fingerprint density at radius 3 is 2.41 bits per heavy atom. The molecule has 0 aliphatic carbocycles. The van der Waals surface area contributed by atoms with Crippen LogP contribution in [0, 0.1) is 5.82 Å². The third-order valence-corrected chi connectivity index (χ3v) is 4.14. The van der Waals surface area contributed by atoms with E-state index in [9.17, 15) is 14.3 Å². The van der Waals surface area contributed by atoms with Gasteiger partial charge in [-0.25, -0.2) is 4.39 Å². The summed E-state index contributed by atoms with van der Waals surface area (Å²) in [7, 11) is 2.90. The predicted molar refractivity (Wildman–Crippen MR) is 110 cm³/mol. The standard InChI is InChI=1S/C23H25FO5/c1-15(2)5-11-18-20(29-14-27-3)13-21(28-4)22(23(18)26)19(25)12-8-16-6-9-17(24)10-7-16/h5-10,12-13,26H,11,14H2,1-4H3/b12-8+. The van der Waals surface area contributed by atoms with E-state index in [-0.39, 0.29) is 29.7 Å². The Hall–Kier alpha value is -3.12. The topological polar surface area (TPSA) is 65.0 Å². The molecule has 0 atom stereocenters. The number of benzene rings is 2. The molecule has 5 nitrogen and oxygen atoms in total. The quantitative estimate of drug-likeness (QED) is 0.280. The number of hydrogen-bond acceptors (Lipinski definition) is 5. The summed E-state index contributed by atoms with van der Waals surface area (Å²) in [6, 6.07) is 7.28. The summed E-state index contributed by atoms with van der Waals surface area (Å²) >= 11 is 0. The van der Waals surface area contributed by atoms with Gasteiger partial charge in [0.25, 0.3) is 0 Å². The summed E-state index contributed by atoms with van der Waals surface area (Å²) in [4.78, 5) is 12.8. The molecule has 0 heterocycles. The second kappa shape index (κ2) is 10.4. The Morgan fingerprint density at radius 2 is 1.83 bits per heavy atom. The summed E-state index contributed by atoms with van der Waals surface area (Å²) in [6.45, 7) is 3.86. The van der Waals surface area contributed by atoms with Gasteiger partial charge in [0, 0.05) is 18.7 Å². The maximum absolute atomic E-state index is 13.0. The van der Waals surface area contributed by atoms with Crippen LogP contribution in [0.2, 0.25) is 0 Å². The maximum Gasteiger partial charge on any atom is 0.193 e. The zero-order valence-electron chi connectivity index (χ0n) is 17.0. The molecule has 0 aromatic heterocycles. The lowest BCUT2D eigenvalue weighted by Gasteiger charge is -2.17. The third kappa shape index (κ3) is 5.93. The molecule has 2 aromatic rings. The molecule has 0 spiro atoms. The third-order valence-electron chi connectivity index (χ3n) is 4.14. The Morgan fingerprint density at radius 1 is 1.14 bits per heavy atom. The highest BCUT2D eigenvalue weighted by Gasteiger charge is 2.23. The van der Waals surface area contributed by atoms with E-state index >= 15 is 0 Å². The number of allylic oxidation sites excluding steroid dienone is 3. The largest absolute Gasteiger partial charge is 0.507 e. The molecule has 0 bridgehead atoms. The summed E-state index contributed by atoms with van der Waals surface area (Å²) in [5, 5.41) is 10.9. The first-order valence-corrected chi connectivity index (χ1v) is 9.03. The molecule has 0 aliphatic rings. The van der Waals surface area contributed by atoms with Crippen LogP contribution in [0.15, 0.2) is 48.1 Å². The van der Waals surface area contributed by atoms with Crippen LogP contribution in [0.3, 0.4) is 0 Å². The number of hydrogen-bond donors (Lipinski definition) is 1. The van der Waals surface area contributed by atoms with Crippen molar-refractivity contribution in [2.24, 2.45) is 0 Å². The SMILES string of the molecule is COCOc1cc(OC)c(C(=O)/C=C/c2ccc(F)cc2)c(O)c1CC=C(C)C. The van der Waals surface area contributed by atoms with Crippen molar-refractivity contribution in [2.75, 3.05) is 21.0 Å². The van der Waals surface area contributed by atoms with Gasteiger partial charge in [0.1, 0.15) is 28.6 Å². The van der Waals surface area contributed by atoms with Gasteiger partial charge < -0.3 is 19.3 Å². The minimum atomic E-state index is -0.444. The lowest BCUT2D eigenvalue weighted by Crippen LogP contribution is -2.07. The number of rotatable bonds is 9. The van der Waals surface area contributed by atoms with E-state index in [1.807, 2.05) is 19.9 Å². The van der Waals surface area contributed by atoms with Crippen molar-refractivity contribution in [3.63, 3.8) is 0 Å². The molecule has 1 N–H and O–H groups in total. The average molecular weight is 400 g/mol. The number of phenolic OH excluding ortho intramolecular Hbond substituents is 1. The van der Waals surface area contributed by atoms with E-state index in [2.05, 4.69) is 0 Å². The molecule has 0 amide bonds. The number of aromatic hydroxyl groups is 1. The molecule has 154 valence electrons. The number of methoxy groups -OCH3 is 2. The van der Waals surface area contributed by atoms with Crippen LogP contribution < -0.4 is 9.47 Å². The van der Waals surface area contributed by atoms with Crippen LogP contribution in [-0.2, 0) is 11.2 Å². The van der Waals surface area contributed by atoms with Crippen LogP contribution in [0.5, 0.6) is 17.2 Å². The lowest BCUT2D eigenvalue weighted by molar-refractivity contribution is 0.0502. The highest BCUT2D eigenvalue weighted by Crippen LogP contribution is 2.40. The van der Waals surface area contributed by atoms with Crippen molar-refractivity contribution in [3.05, 3.63) is 70.6 Å². The fourth-order valence-corrected chi connectivity index (χ4v) is 2.65. The Balaban J connectivity index is 2.47. The van der Waals surface area contributed by atoms with Crippen LogP contribution in [0.4, 0.5) is 4.39 Å². The molecule has 0 aliphatic heterocycles. The number of ether oxygens (including phenoxy) is 3. The van der Waals surface area contributed by atoms with Gasteiger partial charge >= 0.3 is 0 Å². The fraction of sp³-hybridized carbons (Fsp3) is 0.261. The highest BCUT2D eigenvalue weighted by atomic mass is 19.1. The first-order valence-electron chi connectivity index (χ1n) is 9.03. The van der Waals surface area contributed by atoms with E-state index in [4.69, 9.17) is 14.2 Å². The van der Waals surface area contributed by atoms with Crippen LogP contribution in [0.25, 0.3) is 6.08 Å². The fourth-order valence-electron chi connectivity index (χ4n) is 2.65. The molecule has 0 saturated carbocycles. The predicted octanol–water partition coefficient (Wildman–Crippen LogP) is 4.93. The lowest BCUT2D eigenvalue weighted by atomic mass is 9.99. The van der Waals surface area contributed by atoms with Crippen LogP contribution >= 0.6 is 0 Å². The molecule has 0 unspecified atom stereocenters. The molecule has 6 heteroatoms. The Labute approximate surface area is 170 Å². The van der Waals surface area contributed by atoms with Crippen LogP contribution in [-0.4, -0.2) is 31.9 Å². The molecule has 2 rings (SSSR count). The van der Waals surface area contributed by atoms with Gasteiger partial charge in [-0.1, -0.05) is 29.9 Å². The molecule has 0 fully saturated rings. The van der Waals surface area contributed by atoms with Crippen molar-refractivity contribution in [1.82, 2.24) is 0 Å². The average Bonchev–Trinajstić information content (AvgIpc) is 2.70. The summed E-state index contributed by atoms with van der Waals surface area (Å²) in [5.74, 6) is -0.452. The van der Waals surface area contributed by atoms with E-state index in [1.165, 1.54) is 32.4 Å². The molecular weight excluding hydrogens is 375 g/mol. The summed E-state index contributed by atoms with van der Waals surface area (Å²) in [5.41, 5.74) is 2.21. The number of ketones is 1. The van der Waals surface area contributed by atoms with Crippen LogP contribution in [0.1, 0.15) is 35.3 Å². The zero-order chi connectivity index (χ0) is 21.4. The summed E-state index contributed by atoms with van der Waals surface area (Å²) in [6.07, 6.45) is 5.15. The van der Waals surface area contributed by atoms with E-state index in [0.717, 1.165) is 5.57 Å². The number of carbonyl (C=O) groups is 1. The molecule has 2 aromatic carbocycles. The first kappa shape index (κ1) is 22.2. The second-order valence-electron chi connectivity index (χ2n) is 6.56. The number of phenols is 1. The normalized spacial score (nSPS) is 10.8. The van der Waals surface area contributed by atoms with Gasteiger partial charge in [0.15, 0.2) is 12.6 Å². The van der Waals surface area contributed by atoms with Crippen molar-refractivity contribution in [3.8, 4) is 17.2 Å². The van der Waals surface area contributed by atoms with Crippen molar-refractivity contribution < 1.29 is 28.5 Å². The highest BCUT2D eigenvalue weighted by molar-refractivity contribution is 6.11. The molecular formula is C23H25FO5. The Kier molecular flexibility index (Phi) is 7.98. The number of halogens is 1. The summed E-state index contributed by atoms with van der Waals surface area (Å²) < 4.78 is 28.9. The molecule has 0 saturated heterocycles. The Bertz CT molecular complexity index is 910. The van der Waals surface area contributed by atoms with E-state index in [1.54, 1.807) is 24.3 Å². The van der Waals surface area contributed by atoms with E-state index < -0.39 is 5.78 Å². The van der Waals surface area contributed by atoms with Gasteiger partial charge in [-0.2, -0.15) is 0 Å². The smallest absolute Gasteiger partial charge is 0.193 e. The van der Waals surface area contributed by atoms with Gasteiger partial charge in [-0.15, -0.1) is 0 Å². The van der Waals surface area contributed by atoms with Gasteiger partial charge in [0.05, 0.1) is 7.11 Å².